The van der Waals surface area contributed by atoms with Crippen molar-refractivity contribution in [3.8, 4) is 0 Å². The summed E-state index contributed by atoms with van der Waals surface area (Å²) in [6.07, 6.45) is 1.16. The maximum atomic E-state index is 10.9. The summed E-state index contributed by atoms with van der Waals surface area (Å²) in [7, 11) is 0. The SMILES string of the molecule is Cc1ccc2c(c1)C(N)CC(C(=O)O)C2. The minimum atomic E-state index is -0.739. The lowest BCUT2D eigenvalue weighted by Crippen LogP contribution is -2.28. The van der Waals surface area contributed by atoms with E-state index in [1.165, 1.54) is 5.56 Å². The summed E-state index contributed by atoms with van der Waals surface area (Å²) in [4.78, 5) is 10.9. The Kier molecular flexibility index (Phi) is 2.49. The van der Waals surface area contributed by atoms with Gasteiger partial charge in [0.1, 0.15) is 0 Å². The maximum Gasteiger partial charge on any atom is 0.306 e. The molecule has 0 aliphatic heterocycles. The van der Waals surface area contributed by atoms with Gasteiger partial charge in [-0.3, -0.25) is 4.79 Å². The molecule has 1 aromatic rings. The van der Waals surface area contributed by atoms with E-state index in [-0.39, 0.29) is 12.0 Å². The number of aryl methyl sites for hydroxylation is 1. The molecule has 0 heterocycles. The van der Waals surface area contributed by atoms with Crippen LogP contribution in [0.3, 0.4) is 0 Å². The van der Waals surface area contributed by atoms with Gasteiger partial charge in [-0.25, -0.2) is 0 Å². The molecular weight excluding hydrogens is 190 g/mol. The Labute approximate surface area is 88.9 Å². The molecular formula is C12H15NO2. The van der Waals surface area contributed by atoms with Gasteiger partial charge in [-0.1, -0.05) is 23.8 Å². The first-order chi connectivity index (χ1) is 7.08. The van der Waals surface area contributed by atoms with Crippen LogP contribution in [-0.4, -0.2) is 11.1 Å². The summed E-state index contributed by atoms with van der Waals surface area (Å²) in [6, 6.07) is 5.95. The van der Waals surface area contributed by atoms with Crippen molar-refractivity contribution in [2.24, 2.45) is 11.7 Å². The van der Waals surface area contributed by atoms with Crippen LogP contribution in [0.2, 0.25) is 0 Å². The summed E-state index contributed by atoms with van der Waals surface area (Å²) in [5.41, 5.74) is 9.37. The fraction of sp³-hybridized carbons (Fsp3) is 0.417. The van der Waals surface area contributed by atoms with Gasteiger partial charge in [0.25, 0.3) is 0 Å². The number of carbonyl (C=O) groups is 1. The number of nitrogens with two attached hydrogens (primary N) is 1. The highest BCUT2D eigenvalue weighted by atomic mass is 16.4. The van der Waals surface area contributed by atoms with Crippen LogP contribution in [0.5, 0.6) is 0 Å². The van der Waals surface area contributed by atoms with E-state index in [4.69, 9.17) is 10.8 Å². The molecule has 3 N–H and O–H groups in total. The molecule has 1 aromatic carbocycles. The van der Waals surface area contributed by atoms with E-state index >= 15 is 0 Å². The van der Waals surface area contributed by atoms with Gasteiger partial charge < -0.3 is 10.8 Å². The molecule has 0 bridgehead atoms. The quantitative estimate of drug-likeness (QED) is 0.732. The number of benzene rings is 1. The van der Waals surface area contributed by atoms with Crippen molar-refractivity contribution in [3.63, 3.8) is 0 Å². The van der Waals surface area contributed by atoms with Crippen molar-refractivity contribution < 1.29 is 9.90 Å². The van der Waals surface area contributed by atoms with Crippen molar-refractivity contribution in [2.75, 3.05) is 0 Å². The number of rotatable bonds is 1. The lowest BCUT2D eigenvalue weighted by Gasteiger charge is -2.27. The summed E-state index contributed by atoms with van der Waals surface area (Å²) in [5.74, 6) is -1.06. The normalized spacial score (nSPS) is 24.7. The number of carboxylic acid groups (broad SMARTS) is 1. The van der Waals surface area contributed by atoms with Gasteiger partial charge in [0, 0.05) is 6.04 Å². The molecule has 1 aliphatic rings. The molecule has 0 aromatic heterocycles. The van der Waals surface area contributed by atoms with Crippen LogP contribution in [0.15, 0.2) is 18.2 Å². The standard InChI is InChI=1S/C12H15NO2/c1-7-2-3-8-5-9(12(14)15)6-11(13)10(8)4-7/h2-4,9,11H,5-6,13H2,1H3,(H,14,15). The van der Waals surface area contributed by atoms with E-state index < -0.39 is 5.97 Å². The molecule has 3 heteroatoms. The van der Waals surface area contributed by atoms with Gasteiger partial charge in [-0.15, -0.1) is 0 Å². The molecule has 3 nitrogen and oxygen atoms in total. The van der Waals surface area contributed by atoms with Crippen molar-refractivity contribution in [1.82, 2.24) is 0 Å². The van der Waals surface area contributed by atoms with Crippen LogP contribution in [-0.2, 0) is 11.2 Å². The van der Waals surface area contributed by atoms with Crippen LogP contribution >= 0.6 is 0 Å². The highest BCUT2D eigenvalue weighted by molar-refractivity contribution is 5.71. The van der Waals surface area contributed by atoms with E-state index in [0.29, 0.717) is 12.8 Å². The van der Waals surface area contributed by atoms with Gasteiger partial charge >= 0.3 is 5.97 Å². The number of hydrogen-bond acceptors (Lipinski definition) is 2. The Bertz CT molecular complexity index is 401. The average molecular weight is 205 g/mol. The summed E-state index contributed by atoms with van der Waals surface area (Å²) >= 11 is 0. The van der Waals surface area contributed by atoms with E-state index in [2.05, 4.69) is 6.07 Å². The fourth-order valence-corrected chi connectivity index (χ4v) is 2.22. The first-order valence-corrected chi connectivity index (χ1v) is 5.15. The number of aliphatic carboxylic acids is 1. The second kappa shape index (κ2) is 3.66. The Hall–Kier alpha value is -1.35. The van der Waals surface area contributed by atoms with Gasteiger partial charge in [-0.2, -0.15) is 0 Å². The second-order valence-corrected chi connectivity index (χ2v) is 4.28. The van der Waals surface area contributed by atoms with Crippen LogP contribution in [0.1, 0.15) is 29.2 Å². The summed E-state index contributed by atoms with van der Waals surface area (Å²) in [6.45, 7) is 2.02. The molecule has 2 unspecified atom stereocenters. The maximum absolute atomic E-state index is 10.9. The third-order valence-corrected chi connectivity index (χ3v) is 3.05. The minimum Gasteiger partial charge on any atom is -0.481 e. The third kappa shape index (κ3) is 1.88. The van der Waals surface area contributed by atoms with E-state index in [1.807, 2.05) is 19.1 Å². The zero-order chi connectivity index (χ0) is 11.0. The van der Waals surface area contributed by atoms with Crippen LogP contribution in [0.25, 0.3) is 0 Å². The molecule has 0 amide bonds. The van der Waals surface area contributed by atoms with Crippen LogP contribution < -0.4 is 5.73 Å². The van der Waals surface area contributed by atoms with Crippen molar-refractivity contribution in [1.29, 1.82) is 0 Å². The Balaban J connectivity index is 2.36. The van der Waals surface area contributed by atoms with Crippen molar-refractivity contribution >= 4 is 5.97 Å². The highest BCUT2D eigenvalue weighted by Crippen LogP contribution is 2.32. The first kappa shape index (κ1) is 10.2. The number of hydrogen-bond donors (Lipinski definition) is 2. The van der Waals surface area contributed by atoms with Crippen LogP contribution in [0.4, 0.5) is 0 Å². The molecule has 2 rings (SSSR count). The summed E-state index contributed by atoms with van der Waals surface area (Å²) < 4.78 is 0. The van der Waals surface area contributed by atoms with E-state index in [1.54, 1.807) is 0 Å². The lowest BCUT2D eigenvalue weighted by atomic mass is 9.80. The molecule has 1 aliphatic carbocycles. The molecule has 80 valence electrons. The van der Waals surface area contributed by atoms with Crippen LogP contribution in [0, 0.1) is 12.8 Å². The zero-order valence-electron chi connectivity index (χ0n) is 8.73. The zero-order valence-corrected chi connectivity index (χ0v) is 8.73. The molecule has 0 saturated carbocycles. The third-order valence-electron chi connectivity index (χ3n) is 3.05. The van der Waals surface area contributed by atoms with E-state index in [0.717, 1.165) is 11.1 Å². The minimum absolute atomic E-state index is 0.130. The highest BCUT2D eigenvalue weighted by Gasteiger charge is 2.28. The second-order valence-electron chi connectivity index (χ2n) is 4.28. The molecule has 2 atom stereocenters. The molecule has 0 radical (unpaired) electrons. The number of fused-ring (bicyclic) bond motifs is 1. The monoisotopic (exact) mass is 205 g/mol. The molecule has 0 fully saturated rings. The molecule has 0 saturated heterocycles. The van der Waals surface area contributed by atoms with Gasteiger partial charge in [0.2, 0.25) is 0 Å². The fourth-order valence-electron chi connectivity index (χ4n) is 2.22. The lowest BCUT2D eigenvalue weighted by molar-refractivity contribution is -0.142. The topological polar surface area (TPSA) is 63.3 Å². The van der Waals surface area contributed by atoms with Crippen molar-refractivity contribution in [3.05, 3.63) is 34.9 Å². The predicted molar refractivity (Wildman–Crippen MR) is 57.6 cm³/mol. The Morgan fingerprint density at radius 3 is 2.93 bits per heavy atom. The first-order valence-electron chi connectivity index (χ1n) is 5.15. The Morgan fingerprint density at radius 1 is 1.53 bits per heavy atom. The van der Waals surface area contributed by atoms with Gasteiger partial charge in [-0.05, 0) is 30.9 Å². The predicted octanol–water partition coefficient (Wildman–Crippen LogP) is 1.64. The van der Waals surface area contributed by atoms with Crippen molar-refractivity contribution in [2.45, 2.75) is 25.8 Å². The van der Waals surface area contributed by atoms with Gasteiger partial charge in [0.15, 0.2) is 0 Å². The molecule has 0 spiro atoms. The smallest absolute Gasteiger partial charge is 0.306 e. The molecule has 15 heavy (non-hydrogen) atoms. The average Bonchev–Trinajstić information content (AvgIpc) is 2.18. The summed E-state index contributed by atoms with van der Waals surface area (Å²) in [5, 5.41) is 8.98. The van der Waals surface area contributed by atoms with Gasteiger partial charge in [0.05, 0.1) is 5.92 Å². The number of carboxylic acids is 1. The van der Waals surface area contributed by atoms with E-state index in [9.17, 15) is 4.79 Å². The largest absolute Gasteiger partial charge is 0.481 e. The Morgan fingerprint density at radius 2 is 2.27 bits per heavy atom.